The van der Waals surface area contributed by atoms with Gasteiger partial charge in [0.1, 0.15) is 5.54 Å². The number of rotatable bonds is 6. The minimum atomic E-state index is -0.367. The van der Waals surface area contributed by atoms with Crippen LogP contribution >= 0.6 is 0 Å². The van der Waals surface area contributed by atoms with Gasteiger partial charge in [-0.2, -0.15) is 4.91 Å². The molecule has 0 unspecified atom stereocenters. The molecule has 0 fully saturated rings. The summed E-state index contributed by atoms with van der Waals surface area (Å²) in [6.07, 6.45) is 8.62. The molecule has 0 atom stereocenters. The maximum atomic E-state index is 10.9. The zero-order valence-electron chi connectivity index (χ0n) is 9.70. The summed E-state index contributed by atoms with van der Waals surface area (Å²) in [5, 5.41) is 3.31. The van der Waals surface area contributed by atoms with Crippen molar-refractivity contribution in [1.29, 1.82) is 0 Å². The Labute approximate surface area is 91.6 Å². The summed E-state index contributed by atoms with van der Waals surface area (Å²) in [6.45, 7) is 4.96. The highest BCUT2D eigenvalue weighted by molar-refractivity contribution is 5.95. The maximum absolute atomic E-state index is 10.9. The molecule has 0 N–H and O–H groups in total. The first-order chi connectivity index (χ1) is 7.26. The fourth-order valence-corrected chi connectivity index (χ4v) is 1.86. The van der Waals surface area contributed by atoms with Crippen LogP contribution in [0.5, 0.6) is 0 Å². The average molecular weight is 208 g/mol. The molecule has 0 aliphatic carbocycles. The third-order valence-corrected chi connectivity index (χ3v) is 3.28. The van der Waals surface area contributed by atoms with Gasteiger partial charge in [0.2, 0.25) is 0 Å². The summed E-state index contributed by atoms with van der Waals surface area (Å²) in [4.78, 5) is 15.3. The van der Waals surface area contributed by atoms with Gasteiger partial charge in [-0.15, -0.1) is 0 Å². The van der Waals surface area contributed by atoms with Crippen LogP contribution in [0.1, 0.15) is 46.0 Å². The normalized spacial score (nSPS) is 16.3. The molecule has 0 saturated heterocycles. The molecule has 0 amide bonds. The fourth-order valence-electron chi connectivity index (χ4n) is 1.86. The Morgan fingerprint density at radius 1 is 1.47 bits per heavy atom. The summed E-state index contributed by atoms with van der Waals surface area (Å²) in [5.41, 5.74) is 0.754. The van der Waals surface area contributed by atoms with Crippen molar-refractivity contribution in [2.75, 3.05) is 6.54 Å². The molecule has 0 spiro atoms. The standard InChI is InChI=1S/C12H20N2O/c1-3-12(4-2,14-15)9-8-11-7-5-6-10-13-11/h5,7H,3-4,6,8-10H2,1-2H3. The van der Waals surface area contributed by atoms with Gasteiger partial charge in [-0.3, -0.25) is 4.99 Å². The largest absolute Gasteiger partial charge is 0.289 e. The Balaban J connectivity index is 2.49. The summed E-state index contributed by atoms with van der Waals surface area (Å²) < 4.78 is 0. The molecule has 0 saturated carbocycles. The number of nitrogens with zero attached hydrogens (tertiary/aromatic N) is 2. The van der Waals surface area contributed by atoms with Crippen LogP contribution in [0, 0.1) is 4.91 Å². The molecule has 3 nitrogen and oxygen atoms in total. The highest BCUT2D eigenvalue weighted by Gasteiger charge is 2.27. The first kappa shape index (κ1) is 12.1. The summed E-state index contributed by atoms with van der Waals surface area (Å²) in [5.74, 6) is 0. The van der Waals surface area contributed by atoms with Crippen molar-refractivity contribution in [3.8, 4) is 0 Å². The Kier molecular flexibility index (Phi) is 4.66. The molecule has 0 aromatic carbocycles. The molecule has 0 radical (unpaired) electrons. The zero-order chi connectivity index (χ0) is 11.1. The van der Waals surface area contributed by atoms with E-state index in [0.717, 1.165) is 44.4 Å². The predicted molar refractivity (Wildman–Crippen MR) is 64.4 cm³/mol. The van der Waals surface area contributed by atoms with Gasteiger partial charge in [0.05, 0.1) is 0 Å². The van der Waals surface area contributed by atoms with Crippen molar-refractivity contribution in [2.45, 2.75) is 51.5 Å². The highest BCUT2D eigenvalue weighted by atomic mass is 16.3. The van der Waals surface area contributed by atoms with Crippen molar-refractivity contribution >= 4 is 5.71 Å². The Morgan fingerprint density at radius 3 is 2.67 bits per heavy atom. The quantitative estimate of drug-likeness (QED) is 0.616. The van der Waals surface area contributed by atoms with Gasteiger partial charge in [-0.25, -0.2) is 0 Å². The molecule has 0 aromatic heterocycles. The number of dihydropyridines is 1. The molecule has 1 rings (SSSR count). The van der Waals surface area contributed by atoms with Gasteiger partial charge in [-0.1, -0.05) is 25.1 Å². The lowest BCUT2D eigenvalue weighted by Crippen LogP contribution is -2.24. The molecule has 15 heavy (non-hydrogen) atoms. The molecular weight excluding hydrogens is 188 g/mol. The summed E-state index contributed by atoms with van der Waals surface area (Å²) >= 11 is 0. The molecule has 3 heteroatoms. The van der Waals surface area contributed by atoms with Crippen LogP contribution in [0.4, 0.5) is 0 Å². The molecule has 1 aliphatic heterocycles. The first-order valence-electron chi connectivity index (χ1n) is 5.80. The van der Waals surface area contributed by atoms with E-state index >= 15 is 0 Å². The van der Waals surface area contributed by atoms with Crippen molar-refractivity contribution in [2.24, 2.45) is 10.2 Å². The van der Waals surface area contributed by atoms with E-state index in [2.05, 4.69) is 22.3 Å². The smallest absolute Gasteiger partial charge is 0.102 e. The van der Waals surface area contributed by atoms with Crippen molar-refractivity contribution in [3.05, 3.63) is 17.1 Å². The highest BCUT2D eigenvalue weighted by Crippen LogP contribution is 2.26. The minimum absolute atomic E-state index is 0.367. The van der Waals surface area contributed by atoms with E-state index in [0.29, 0.717) is 0 Å². The lowest BCUT2D eigenvalue weighted by Gasteiger charge is -2.23. The van der Waals surface area contributed by atoms with Crippen LogP contribution in [-0.4, -0.2) is 17.8 Å². The van der Waals surface area contributed by atoms with Crippen molar-refractivity contribution in [3.63, 3.8) is 0 Å². The first-order valence-corrected chi connectivity index (χ1v) is 5.80. The van der Waals surface area contributed by atoms with E-state index in [9.17, 15) is 4.91 Å². The zero-order valence-corrected chi connectivity index (χ0v) is 9.70. The predicted octanol–water partition coefficient (Wildman–Crippen LogP) is 3.49. The third kappa shape index (κ3) is 3.26. The maximum Gasteiger partial charge on any atom is 0.102 e. The Bertz CT molecular complexity index is 265. The van der Waals surface area contributed by atoms with Crippen LogP contribution < -0.4 is 0 Å². The summed E-state index contributed by atoms with van der Waals surface area (Å²) in [7, 11) is 0. The molecule has 1 heterocycles. The average Bonchev–Trinajstić information content (AvgIpc) is 2.33. The van der Waals surface area contributed by atoms with E-state index in [1.54, 1.807) is 0 Å². The molecular formula is C12H20N2O. The van der Waals surface area contributed by atoms with E-state index in [4.69, 9.17) is 0 Å². The second kappa shape index (κ2) is 5.79. The Morgan fingerprint density at radius 2 is 2.20 bits per heavy atom. The van der Waals surface area contributed by atoms with Gasteiger partial charge >= 0.3 is 0 Å². The van der Waals surface area contributed by atoms with Gasteiger partial charge in [0.15, 0.2) is 0 Å². The van der Waals surface area contributed by atoms with Gasteiger partial charge in [0, 0.05) is 12.3 Å². The van der Waals surface area contributed by atoms with E-state index in [1.807, 2.05) is 13.8 Å². The summed E-state index contributed by atoms with van der Waals surface area (Å²) in [6, 6.07) is 0. The number of nitroso groups, excluding NO2 is 1. The Hall–Kier alpha value is -0.990. The topological polar surface area (TPSA) is 41.8 Å². The van der Waals surface area contributed by atoms with Crippen LogP contribution in [-0.2, 0) is 0 Å². The molecule has 0 aromatic rings. The lowest BCUT2D eigenvalue weighted by atomic mass is 9.87. The van der Waals surface area contributed by atoms with Gasteiger partial charge in [-0.05, 0) is 38.2 Å². The van der Waals surface area contributed by atoms with Gasteiger partial charge < -0.3 is 0 Å². The third-order valence-electron chi connectivity index (χ3n) is 3.28. The van der Waals surface area contributed by atoms with Crippen LogP contribution in [0.15, 0.2) is 22.3 Å². The number of hydrogen-bond donors (Lipinski definition) is 0. The SMILES string of the molecule is CCC(CC)(CCC1=NCCC=C1)N=O. The van der Waals surface area contributed by atoms with E-state index in [-0.39, 0.29) is 5.54 Å². The van der Waals surface area contributed by atoms with Crippen molar-refractivity contribution < 1.29 is 0 Å². The second-order valence-electron chi connectivity index (χ2n) is 4.09. The minimum Gasteiger partial charge on any atom is -0.289 e. The number of aliphatic imine (C=N–C) groups is 1. The van der Waals surface area contributed by atoms with Gasteiger partial charge in [0.25, 0.3) is 0 Å². The van der Waals surface area contributed by atoms with Crippen LogP contribution in [0.3, 0.4) is 0 Å². The molecule has 1 aliphatic rings. The van der Waals surface area contributed by atoms with Crippen LogP contribution in [0.25, 0.3) is 0 Å². The monoisotopic (exact) mass is 208 g/mol. The van der Waals surface area contributed by atoms with Crippen LogP contribution in [0.2, 0.25) is 0 Å². The van der Waals surface area contributed by atoms with E-state index in [1.165, 1.54) is 0 Å². The van der Waals surface area contributed by atoms with Crippen molar-refractivity contribution in [1.82, 2.24) is 0 Å². The number of hydrogen-bond acceptors (Lipinski definition) is 3. The molecule has 0 bridgehead atoms. The van der Waals surface area contributed by atoms with E-state index < -0.39 is 0 Å². The lowest BCUT2D eigenvalue weighted by molar-refractivity contribution is 0.373. The molecule has 84 valence electrons. The number of allylic oxidation sites excluding steroid dienone is 1. The second-order valence-corrected chi connectivity index (χ2v) is 4.09. The fraction of sp³-hybridized carbons (Fsp3) is 0.750.